The summed E-state index contributed by atoms with van der Waals surface area (Å²) in [4.78, 5) is 26.7. The fourth-order valence-corrected chi connectivity index (χ4v) is 3.45. The van der Waals surface area contributed by atoms with Gasteiger partial charge in [0.25, 0.3) is 11.8 Å². The second-order valence-electron chi connectivity index (χ2n) is 7.11. The number of ether oxygens (including phenoxy) is 2. The molecule has 3 aromatic carbocycles. The van der Waals surface area contributed by atoms with E-state index < -0.39 is 0 Å². The van der Waals surface area contributed by atoms with Crippen molar-refractivity contribution in [3.63, 3.8) is 0 Å². The van der Waals surface area contributed by atoms with Gasteiger partial charge >= 0.3 is 0 Å². The van der Waals surface area contributed by atoms with Gasteiger partial charge in [-0.3, -0.25) is 9.59 Å². The van der Waals surface area contributed by atoms with E-state index in [1.165, 1.54) is 18.1 Å². The van der Waals surface area contributed by atoms with E-state index in [0.29, 0.717) is 28.3 Å². The molecule has 3 aromatic rings. The molecule has 1 aliphatic heterocycles. The third-order valence-corrected chi connectivity index (χ3v) is 5.05. The summed E-state index contributed by atoms with van der Waals surface area (Å²) in [7, 11) is 1.51. The largest absolute Gasteiger partial charge is 0.496 e. The zero-order valence-electron chi connectivity index (χ0n) is 16.9. The third-order valence-electron chi connectivity index (χ3n) is 5.05. The van der Waals surface area contributed by atoms with Gasteiger partial charge in [0.2, 0.25) is 0 Å². The molecule has 2 amide bonds. The Morgan fingerprint density at radius 2 is 1.90 bits per heavy atom. The van der Waals surface area contributed by atoms with Gasteiger partial charge in [-0.25, -0.2) is 4.39 Å². The number of nitrogens with one attached hydrogen (secondary N) is 1. The smallest absolute Gasteiger partial charge is 0.261 e. The van der Waals surface area contributed by atoms with Crippen LogP contribution in [-0.4, -0.2) is 30.4 Å². The number of rotatable bonds is 5. The minimum atomic E-state index is -0.362. The minimum absolute atomic E-state index is 0.131. The Balaban J connectivity index is 1.55. The number of para-hydroxylation sites is 1. The number of nitrogens with zero attached hydrogens (tertiary/aromatic N) is 1. The van der Waals surface area contributed by atoms with Crippen LogP contribution in [0.1, 0.15) is 21.5 Å². The fourth-order valence-electron chi connectivity index (χ4n) is 3.45. The van der Waals surface area contributed by atoms with Gasteiger partial charge in [0, 0.05) is 29.9 Å². The summed E-state index contributed by atoms with van der Waals surface area (Å²) in [6, 6.07) is 18.5. The maximum atomic E-state index is 14.1. The number of anilines is 1. The number of amides is 2. The summed E-state index contributed by atoms with van der Waals surface area (Å²) in [5.74, 6) is 0.114. The first-order chi connectivity index (χ1) is 15.0. The lowest BCUT2D eigenvalue weighted by molar-refractivity contribution is -0.133. The van der Waals surface area contributed by atoms with Crippen molar-refractivity contribution in [3.8, 4) is 11.5 Å². The average molecular weight is 420 g/mol. The van der Waals surface area contributed by atoms with Crippen molar-refractivity contribution >= 4 is 17.5 Å². The van der Waals surface area contributed by atoms with Crippen LogP contribution in [0.25, 0.3) is 0 Å². The number of carbonyl (C=O) groups is 2. The summed E-state index contributed by atoms with van der Waals surface area (Å²) in [6.07, 6.45) is 0. The summed E-state index contributed by atoms with van der Waals surface area (Å²) >= 11 is 0. The molecule has 0 radical (unpaired) electrons. The van der Waals surface area contributed by atoms with Crippen molar-refractivity contribution in [2.24, 2.45) is 0 Å². The number of carbonyl (C=O) groups excluding carboxylic acids is 2. The average Bonchev–Trinajstić information content (AvgIpc) is 2.93. The molecule has 7 heteroatoms. The molecule has 0 aromatic heterocycles. The molecule has 0 bridgehead atoms. The molecule has 1 heterocycles. The molecule has 0 unspecified atom stereocenters. The molecule has 31 heavy (non-hydrogen) atoms. The number of hydrogen-bond acceptors (Lipinski definition) is 4. The van der Waals surface area contributed by atoms with Crippen LogP contribution in [0.4, 0.5) is 10.1 Å². The highest BCUT2D eigenvalue weighted by Crippen LogP contribution is 2.28. The van der Waals surface area contributed by atoms with Crippen LogP contribution < -0.4 is 14.8 Å². The lowest BCUT2D eigenvalue weighted by atomic mass is 10.1. The number of methoxy groups -OCH3 is 1. The van der Waals surface area contributed by atoms with Gasteiger partial charge in [-0.05, 0) is 36.4 Å². The molecule has 0 atom stereocenters. The van der Waals surface area contributed by atoms with Gasteiger partial charge in [0.1, 0.15) is 17.3 Å². The Morgan fingerprint density at radius 1 is 1.13 bits per heavy atom. The first kappa shape index (κ1) is 20.4. The molecule has 4 rings (SSSR count). The van der Waals surface area contributed by atoms with Crippen molar-refractivity contribution in [1.82, 2.24) is 4.90 Å². The lowest BCUT2D eigenvalue weighted by Crippen LogP contribution is -2.32. The van der Waals surface area contributed by atoms with Crippen LogP contribution in [0.5, 0.6) is 11.5 Å². The molecule has 0 saturated carbocycles. The van der Waals surface area contributed by atoms with Gasteiger partial charge < -0.3 is 19.7 Å². The van der Waals surface area contributed by atoms with Crippen molar-refractivity contribution in [2.45, 2.75) is 13.1 Å². The molecular formula is C24H21FN2O4. The standard InChI is InChI=1S/C24H21FN2O4/c1-30-22-9-5-3-7-19(22)24(29)26-18-10-11-21-17(12-18)14-27(23(28)15-31-21)13-16-6-2-4-8-20(16)25/h2-12H,13-15H2,1H3,(H,26,29). The van der Waals surface area contributed by atoms with Crippen LogP contribution >= 0.6 is 0 Å². The molecule has 0 aliphatic carbocycles. The highest BCUT2D eigenvalue weighted by Gasteiger charge is 2.23. The number of halogens is 1. The lowest BCUT2D eigenvalue weighted by Gasteiger charge is -2.20. The zero-order chi connectivity index (χ0) is 21.8. The predicted molar refractivity (Wildman–Crippen MR) is 114 cm³/mol. The van der Waals surface area contributed by atoms with E-state index in [0.717, 1.165) is 5.56 Å². The highest BCUT2D eigenvalue weighted by molar-refractivity contribution is 6.06. The second kappa shape index (κ2) is 8.87. The van der Waals surface area contributed by atoms with Crippen LogP contribution in [0.15, 0.2) is 66.7 Å². The summed E-state index contributed by atoms with van der Waals surface area (Å²) in [5.41, 5.74) is 2.12. The van der Waals surface area contributed by atoms with Crippen molar-refractivity contribution in [2.75, 3.05) is 19.0 Å². The van der Waals surface area contributed by atoms with Crippen molar-refractivity contribution in [3.05, 3.63) is 89.2 Å². The van der Waals surface area contributed by atoms with E-state index in [4.69, 9.17) is 9.47 Å². The Kier molecular flexibility index (Phi) is 5.84. The summed E-state index contributed by atoms with van der Waals surface area (Å²) in [6.45, 7) is 0.237. The number of benzene rings is 3. The molecule has 0 spiro atoms. The van der Waals surface area contributed by atoms with Crippen LogP contribution in [0, 0.1) is 5.82 Å². The minimum Gasteiger partial charge on any atom is -0.496 e. The zero-order valence-corrected chi connectivity index (χ0v) is 16.9. The fraction of sp³-hybridized carbons (Fsp3) is 0.167. The number of fused-ring (bicyclic) bond motifs is 1. The highest BCUT2D eigenvalue weighted by atomic mass is 19.1. The Bertz CT molecular complexity index is 1130. The van der Waals surface area contributed by atoms with E-state index in [2.05, 4.69) is 5.32 Å². The quantitative estimate of drug-likeness (QED) is 0.677. The van der Waals surface area contributed by atoms with E-state index >= 15 is 0 Å². The molecule has 158 valence electrons. The predicted octanol–water partition coefficient (Wildman–Crippen LogP) is 4.01. The van der Waals surface area contributed by atoms with Gasteiger partial charge in [0.15, 0.2) is 6.61 Å². The summed E-state index contributed by atoms with van der Waals surface area (Å²) < 4.78 is 24.9. The Morgan fingerprint density at radius 3 is 2.71 bits per heavy atom. The second-order valence-corrected chi connectivity index (χ2v) is 7.11. The van der Waals surface area contributed by atoms with Crippen molar-refractivity contribution in [1.29, 1.82) is 0 Å². The van der Waals surface area contributed by atoms with E-state index in [1.54, 1.807) is 60.7 Å². The molecule has 0 saturated heterocycles. The molecule has 6 nitrogen and oxygen atoms in total. The first-order valence-corrected chi connectivity index (χ1v) is 9.76. The van der Waals surface area contributed by atoms with Gasteiger partial charge in [-0.2, -0.15) is 0 Å². The first-order valence-electron chi connectivity index (χ1n) is 9.76. The van der Waals surface area contributed by atoms with Gasteiger partial charge in [-0.15, -0.1) is 0 Å². The molecule has 1 aliphatic rings. The summed E-state index contributed by atoms with van der Waals surface area (Å²) in [5, 5.41) is 2.85. The van der Waals surface area contributed by atoms with Crippen LogP contribution in [-0.2, 0) is 17.9 Å². The van der Waals surface area contributed by atoms with Crippen LogP contribution in [0.2, 0.25) is 0 Å². The SMILES string of the molecule is COc1ccccc1C(=O)Nc1ccc2c(c1)CN(Cc1ccccc1F)C(=O)CO2. The number of hydrogen-bond donors (Lipinski definition) is 1. The normalized spacial score (nSPS) is 13.1. The third kappa shape index (κ3) is 4.50. The van der Waals surface area contributed by atoms with Crippen molar-refractivity contribution < 1.29 is 23.5 Å². The molecule has 0 fully saturated rings. The van der Waals surface area contributed by atoms with Gasteiger partial charge in [-0.1, -0.05) is 30.3 Å². The van der Waals surface area contributed by atoms with E-state index in [-0.39, 0.29) is 37.3 Å². The van der Waals surface area contributed by atoms with E-state index in [1.807, 2.05) is 0 Å². The molecular weight excluding hydrogens is 399 g/mol. The molecule has 1 N–H and O–H groups in total. The maximum absolute atomic E-state index is 14.1. The van der Waals surface area contributed by atoms with Crippen LogP contribution in [0.3, 0.4) is 0 Å². The Labute approximate surface area is 179 Å². The maximum Gasteiger partial charge on any atom is 0.261 e. The Hall–Kier alpha value is -3.87. The van der Waals surface area contributed by atoms with E-state index in [9.17, 15) is 14.0 Å². The van der Waals surface area contributed by atoms with Gasteiger partial charge in [0.05, 0.1) is 12.7 Å². The monoisotopic (exact) mass is 420 g/mol. The topological polar surface area (TPSA) is 67.9 Å².